The number of amides is 1. The third kappa shape index (κ3) is 2.57. The van der Waals surface area contributed by atoms with Crippen LogP contribution in [0.5, 0.6) is 0 Å². The van der Waals surface area contributed by atoms with E-state index >= 15 is 0 Å². The molecule has 1 amide bonds. The van der Waals surface area contributed by atoms with Gasteiger partial charge >= 0.3 is 0 Å². The Morgan fingerprint density at radius 2 is 2.00 bits per heavy atom. The van der Waals surface area contributed by atoms with Gasteiger partial charge in [-0.05, 0) is 33.1 Å². The fourth-order valence-electron chi connectivity index (χ4n) is 2.40. The van der Waals surface area contributed by atoms with E-state index in [9.17, 15) is 4.79 Å². The summed E-state index contributed by atoms with van der Waals surface area (Å²) in [4.78, 5) is 22.2. The van der Waals surface area contributed by atoms with E-state index in [1.54, 1.807) is 0 Å². The second-order valence-electron chi connectivity index (χ2n) is 4.57. The van der Waals surface area contributed by atoms with Crippen LogP contribution in [0.1, 0.15) is 43.6 Å². The van der Waals surface area contributed by atoms with Crippen molar-refractivity contribution in [3.05, 3.63) is 23.2 Å². The molecular weight excluding hydrogens is 238 g/mol. The summed E-state index contributed by atoms with van der Waals surface area (Å²) in [5.41, 5.74) is 0.332. The zero-order valence-electron chi connectivity index (χ0n) is 10.1. The summed E-state index contributed by atoms with van der Waals surface area (Å²) < 4.78 is 0. The lowest BCUT2D eigenvalue weighted by Gasteiger charge is -2.38. The first-order chi connectivity index (χ1) is 8.09. The number of carbonyl (C=O) groups excluding carboxylic acids is 1. The molecule has 5 heteroatoms. The Morgan fingerprint density at radius 1 is 1.35 bits per heavy atom. The number of hydrogen-bond donors (Lipinski definition) is 0. The van der Waals surface area contributed by atoms with Gasteiger partial charge in [0.05, 0.1) is 12.4 Å². The van der Waals surface area contributed by atoms with E-state index in [-0.39, 0.29) is 23.1 Å². The predicted molar refractivity (Wildman–Crippen MR) is 66.0 cm³/mol. The molecule has 0 aromatic carbocycles. The highest BCUT2D eigenvalue weighted by molar-refractivity contribution is 6.29. The molecule has 1 fully saturated rings. The van der Waals surface area contributed by atoms with Crippen LogP contribution in [0.15, 0.2) is 12.4 Å². The number of piperidine rings is 1. The largest absolute Gasteiger partial charge is 0.332 e. The van der Waals surface area contributed by atoms with E-state index in [0.29, 0.717) is 5.69 Å². The third-order valence-corrected chi connectivity index (χ3v) is 3.43. The normalized spacial score (nSPS) is 24.8. The summed E-state index contributed by atoms with van der Waals surface area (Å²) >= 11 is 5.76. The van der Waals surface area contributed by atoms with Gasteiger partial charge in [-0.15, -0.1) is 0 Å². The summed E-state index contributed by atoms with van der Waals surface area (Å²) in [5.74, 6) is -0.0697. The van der Waals surface area contributed by atoms with Crippen molar-refractivity contribution in [2.24, 2.45) is 0 Å². The van der Waals surface area contributed by atoms with Crippen LogP contribution >= 0.6 is 11.6 Å². The van der Waals surface area contributed by atoms with Gasteiger partial charge in [0, 0.05) is 12.1 Å². The predicted octanol–water partition coefficient (Wildman–Crippen LogP) is 2.53. The minimum absolute atomic E-state index is 0.0697. The molecule has 2 atom stereocenters. The number of likely N-dealkylation sites (tertiary alicyclic amines) is 1. The van der Waals surface area contributed by atoms with Crippen LogP contribution in [0.2, 0.25) is 5.15 Å². The number of nitrogens with zero attached hydrogens (tertiary/aromatic N) is 3. The van der Waals surface area contributed by atoms with Crippen LogP contribution < -0.4 is 0 Å². The molecule has 92 valence electrons. The van der Waals surface area contributed by atoms with Gasteiger partial charge in [0.2, 0.25) is 0 Å². The van der Waals surface area contributed by atoms with Crippen molar-refractivity contribution in [2.75, 3.05) is 0 Å². The Morgan fingerprint density at radius 3 is 2.59 bits per heavy atom. The van der Waals surface area contributed by atoms with Gasteiger partial charge < -0.3 is 4.90 Å². The van der Waals surface area contributed by atoms with Crippen LogP contribution in [0.25, 0.3) is 0 Å². The maximum absolute atomic E-state index is 12.3. The van der Waals surface area contributed by atoms with Gasteiger partial charge in [-0.2, -0.15) is 0 Å². The minimum Gasteiger partial charge on any atom is -0.332 e. The Labute approximate surface area is 106 Å². The number of halogens is 1. The van der Waals surface area contributed by atoms with E-state index in [4.69, 9.17) is 11.6 Å². The van der Waals surface area contributed by atoms with E-state index in [1.165, 1.54) is 18.8 Å². The van der Waals surface area contributed by atoms with Crippen molar-refractivity contribution in [1.29, 1.82) is 0 Å². The van der Waals surface area contributed by atoms with Gasteiger partial charge in [0.25, 0.3) is 5.91 Å². The smallest absolute Gasteiger partial charge is 0.274 e. The fraction of sp³-hybridized carbons (Fsp3) is 0.583. The van der Waals surface area contributed by atoms with E-state index in [0.717, 1.165) is 12.8 Å². The molecule has 2 rings (SSSR count). The average Bonchev–Trinajstić information content (AvgIpc) is 2.28. The molecule has 1 aromatic rings. The van der Waals surface area contributed by atoms with Gasteiger partial charge in [-0.3, -0.25) is 9.78 Å². The molecular formula is C12H16ClN3O. The molecule has 2 heterocycles. The summed E-state index contributed by atoms with van der Waals surface area (Å²) in [6.45, 7) is 4.15. The van der Waals surface area contributed by atoms with Crippen LogP contribution in [0.3, 0.4) is 0 Å². The van der Waals surface area contributed by atoms with Crippen LogP contribution in [-0.4, -0.2) is 32.9 Å². The van der Waals surface area contributed by atoms with E-state index in [2.05, 4.69) is 23.8 Å². The maximum atomic E-state index is 12.3. The quantitative estimate of drug-likeness (QED) is 0.773. The zero-order chi connectivity index (χ0) is 12.4. The molecule has 0 saturated carbocycles. The van der Waals surface area contributed by atoms with Crippen LogP contribution in [0.4, 0.5) is 0 Å². The highest BCUT2D eigenvalue weighted by Crippen LogP contribution is 2.24. The first-order valence-electron chi connectivity index (χ1n) is 5.90. The Bertz CT molecular complexity index is 414. The molecule has 1 aromatic heterocycles. The Kier molecular flexibility index (Phi) is 3.62. The second-order valence-corrected chi connectivity index (χ2v) is 4.96. The number of aromatic nitrogens is 2. The van der Waals surface area contributed by atoms with Gasteiger partial charge in [0.15, 0.2) is 0 Å². The van der Waals surface area contributed by atoms with E-state index in [1.807, 2.05) is 4.90 Å². The zero-order valence-corrected chi connectivity index (χ0v) is 10.8. The van der Waals surface area contributed by atoms with Crippen molar-refractivity contribution in [3.8, 4) is 0 Å². The molecule has 1 saturated heterocycles. The lowest BCUT2D eigenvalue weighted by Crippen LogP contribution is -2.47. The monoisotopic (exact) mass is 253 g/mol. The van der Waals surface area contributed by atoms with Crippen molar-refractivity contribution in [2.45, 2.75) is 45.2 Å². The highest BCUT2D eigenvalue weighted by atomic mass is 35.5. The van der Waals surface area contributed by atoms with E-state index < -0.39 is 0 Å². The van der Waals surface area contributed by atoms with Gasteiger partial charge in [-0.25, -0.2) is 4.98 Å². The number of rotatable bonds is 1. The average molecular weight is 254 g/mol. The topological polar surface area (TPSA) is 46.1 Å². The molecule has 4 nitrogen and oxygen atoms in total. The molecule has 0 aliphatic carbocycles. The third-order valence-electron chi connectivity index (χ3n) is 3.25. The molecule has 0 N–H and O–H groups in total. The molecule has 0 bridgehead atoms. The number of carbonyl (C=O) groups is 1. The molecule has 1 aliphatic heterocycles. The summed E-state index contributed by atoms with van der Waals surface area (Å²) in [7, 11) is 0. The lowest BCUT2D eigenvalue weighted by molar-refractivity contribution is 0.0504. The van der Waals surface area contributed by atoms with Crippen molar-refractivity contribution in [1.82, 2.24) is 14.9 Å². The SMILES string of the molecule is CC1CCCC(C)N1C(=O)c1cncc(Cl)n1. The Hall–Kier alpha value is -1.16. The maximum Gasteiger partial charge on any atom is 0.274 e. The van der Waals surface area contributed by atoms with Crippen molar-refractivity contribution >= 4 is 17.5 Å². The first-order valence-corrected chi connectivity index (χ1v) is 6.27. The second kappa shape index (κ2) is 5.00. The molecule has 17 heavy (non-hydrogen) atoms. The minimum atomic E-state index is -0.0697. The van der Waals surface area contributed by atoms with Crippen LogP contribution in [-0.2, 0) is 0 Å². The standard InChI is InChI=1S/C12H16ClN3O/c1-8-4-3-5-9(2)16(8)12(17)10-6-14-7-11(13)15-10/h6-9H,3-5H2,1-2H3. The molecule has 0 radical (unpaired) electrons. The lowest BCUT2D eigenvalue weighted by atomic mass is 9.97. The summed E-state index contributed by atoms with van der Waals surface area (Å²) in [6, 6.07) is 0.513. The van der Waals surface area contributed by atoms with Gasteiger partial charge in [0.1, 0.15) is 10.8 Å². The first kappa shape index (κ1) is 12.3. The molecule has 2 unspecified atom stereocenters. The Balaban J connectivity index is 2.24. The molecule has 0 spiro atoms. The van der Waals surface area contributed by atoms with Crippen molar-refractivity contribution in [3.63, 3.8) is 0 Å². The summed E-state index contributed by atoms with van der Waals surface area (Å²) in [5, 5.41) is 0.258. The van der Waals surface area contributed by atoms with Crippen LogP contribution in [0, 0.1) is 0 Å². The van der Waals surface area contributed by atoms with Crippen molar-refractivity contribution < 1.29 is 4.79 Å². The fourth-order valence-corrected chi connectivity index (χ4v) is 2.55. The summed E-state index contributed by atoms with van der Waals surface area (Å²) in [6.07, 6.45) is 6.17. The highest BCUT2D eigenvalue weighted by Gasteiger charge is 2.30. The van der Waals surface area contributed by atoms with Gasteiger partial charge in [-0.1, -0.05) is 11.6 Å². The number of hydrogen-bond acceptors (Lipinski definition) is 3. The molecule has 1 aliphatic rings.